The van der Waals surface area contributed by atoms with E-state index >= 15 is 0 Å². The Hall–Kier alpha value is -2.89. The number of hydrogen-bond acceptors (Lipinski definition) is 6. The van der Waals surface area contributed by atoms with Crippen molar-refractivity contribution in [3.05, 3.63) is 60.8 Å². The van der Waals surface area contributed by atoms with Crippen molar-refractivity contribution in [3.63, 3.8) is 0 Å². The zero-order valence-corrected chi connectivity index (χ0v) is 39.5. The summed E-state index contributed by atoms with van der Waals surface area (Å²) in [5, 5.41) is 0. The number of ether oxygens (including phenoxy) is 3. The van der Waals surface area contributed by atoms with E-state index in [0.29, 0.717) is 19.3 Å². The molecule has 1 unspecified atom stereocenters. The molecule has 346 valence electrons. The highest BCUT2D eigenvalue weighted by atomic mass is 16.6. The van der Waals surface area contributed by atoms with E-state index in [1.165, 1.54) is 89.9 Å². The van der Waals surface area contributed by atoms with E-state index < -0.39 is 6.10 Å². The molecule has 0 saturated heterocycles. The van der Waals surface area contributed by atoms with Crippen LogP contribution in [0.25, 0.3) is 0 Å². The Morgan fingerprint density at radius 3 is 1.07 bits per heavy atom. The first kappa shape index (κ1) is 57.1. The van der Waals surface area contributed by atoms with Gasteiger partial charge in [-0.1, -0.05) is 184 Å². The quantitative estimate of drug-likeness (QED) is 0.0263. The molecule has 0 spiro atoms. The number of carbonyl (C=O) groups excluding carboxylic acids is 3. The van der Waals surface area contributed by atoms with Crippen molar-refractivity contribution >= 4 is 17.9 Å². The molecule has 0 radical (unpaired) electrons. The number of hydrogen-bond donors (Lipinski definition) is 0. The van der Waals surface area contributed by atoms with Gasteiger partial charge in [0, 0.05) is 19.3 Å². The maximum Gasteiger partial charge on any atom is 0.306 e. The molecule has 0 N–H and O–H groups in total. The first-order valence-electron chi connectivity index (χ1n) is 25.3. The monoisotopic (exact) mass is 839 g/mol. The summed E-state index contributed by atoms with van der Waals surface area (Å²) in [6.07, 6.45) is 59.1. The fourth-order valence-corrected chi connectivity index (χ4v) is 6.92. The van der Waals surface area contributed by atoms with Crippen molar-refractivity contribution in [2.75, 3.05) is 13.2 Å². The van der Waals surface area contributed by atoms with Gasteiger partial charge in [0.05, 0.1) is 0 Å². The van der Waals surface area contributed by atoms with Gasteiger partial charge in [-0.05, 0) is 103 Å². The van der Waals surface area contributed by atoms with E-state index in [9.17, 15) is 14.4 Å². The molecule has 0 saturated carbocycles. The summed E-state index contributed by atoms with van der Waals surface area (Å²) < 4.78 is 16.8. The van der Waals surface area contributed by atoms with E-state index in [0.717, 1.165) is 116 Å². The summed E-state index contributed by atoms with van der Waals surface area (Å²) in [6.45, 7) is 6.47. The molecule has 0 rings (SSSR count). The molecule has 1 atom stereocenters. The van der Waals surface area contributed by atoms with Gasteiger partial charge >= 0.3 is 17.9 Å². The van der Waals surface area contributed by atoms with Gasteiger partial charge in [-0.3, -0.25) is 14.4 Å². The molecule has 0 aliphatic rings. The van der Waals surface area contributed by atoms with Crippen molar-refractivity contribution in [3.8, 4) is 0 Å². The second-order valence-electron chi connectivity index (χ2n) is 16.7. The van der Waals surface area contributed by atoms with Crippen LogP contribution in [0.2, 0.25) is 0 Å². The van der Waals surface area contributed by atoms with E-state index in [1.807, 2.05) is 0 Å². The van der Waals surface area contributed by atoms with Gasteiger partial charge in [0.15, 0.2) is 6.10 Å². The minimum atomic E-state index is -0.787. The van der Waals surface area contributed by atoms with Crippen LogP contribution in [-0.2, 0) is 28.6 Å². The lowest BCUT2D eigenvalue weighted by atomic mass is 10.1. The molecule has 0 fully saturated rings. The number of rotatable bonds is 45. The van der Waals surface area contributed by atoms with Crippen LogP contribution in [0.4, 0.5) is 0 Å². The first-order valence-corrected chi connectivity index (χ1v) is 25.3. The van der Waals surface area contributed by atoms with Crippen molar-refractivity contribution in [1.82, 2.24) is 0 Å². The molecule has 0 aromatic carbocycles. The molecule has 0 aliphatic heterocycles. The van der Waals surface area contributed by atoms with Gasteiger partial charge in [-0.25, -0.2) is 0 Å². The molecule has 60 heavy (non-hydrogen) atoms. The maximum atomic E-state index is 12.8. The number of unbranched alkanes of at least 4 members (excludes halogenated alkanes) is 24. The normalized spacial score (nSPS) is 12.5. The van der Waals surface area contributed by atoms with Crippen LogP contribution in [0.5, 0.6) is 0 Å². The predicted octanol–water partition coefficient (Wildman–Crippen LogP) is 16.5. The molecular formula is C54H94O6. The molecule has 0 heterocycles. The van der Waals surface area contributed by atoms with Crippen LogP contribution >= 0.6 is 0 Å². The summed E-state index contributed by atoms with van der Waals surface area (Å²) >= 11 is 0. The lowest BCUT2D eigenvalue weighted by molar-refractivity contribution is -0.167. The summed E-state index contributed by atoms with van der Waals surface area (Å²) in [7, 11) is 0. The zero-order chi connectivity index (χ0) is 43.7. The Balaban J connectivity index is 4.42. The highest BCUT2D eigenvalue weighted by Crippen LogP contribution is 2.14. The average molecular weight is 839 g/mol. The largest absolute Gasteiger partial charge is 0.462 e. The highest BCUT2D eigenvalue weighted by Gasteiger charge is 2.19. The minimum absolute atomic E-state index is 0.0874. The SMILES string of the molecule is CC/C=C\C/C=C\C/C=C\CCCCCCCC(=O)OCC(COC(=O)CCCCCCC/C=C\CCCCC)OC(=O)CCCCCCC/C=C\CCCCCCCC. The van der Waals surface area contributed by atoms with E-state index in [2.05, 4.69) is 81.5 Å². The Labute approximate surface area is 370 Å². The second kappa shape index (κ2) is 48.8. The Kier molecular flexibility index (Phi) is 46.4. The van der Waals surface area contributed by atoms with E-state index in [4.69, 9.17) is 14.2 Å². The van der Waals surface area contributed by atoms with Crippen LogP contribution in [0.3, 0.4) is 0 Å². The highest BCUT2D eigenvalue weighted by molar-refractivity contribution is 5.71. The van der Waals surface area contributed by atoms with Crippen LogP contribution in [-0.4, -0.2) is 37.2 Å². The molecule has 0 bridgehead atoms. The van der Waals surface area contributed by atoms with Crippen molar-refractivity contribution in [2.45, 2.75) is 252 Å². The van der Waals surface area contributed by atoms with Gasteiger partial charge < -0.3 is 14.2 Å². The van der Waals surface area contributed by atoms with Gasteiger partial charge in [0.2, 0.25) is 0 Å². The molecule has 6 nitrogen and oxygen atoms in total. The third-order valence-corrected chi connectivity index (χ3v) is 10.7. The molecule has 0 amide bonds. The average Bonchev–Trinajstić information content (AvgIpc) is 3.24. The molecule has 0 aromatic rings. The fourth-order valence-electron chi connectivity index (χ4n) is 6.92. The molecule has 0 aliphatic carbocycles. The van der Waals surface area contributed by atoms with Gasteiger partial charge in [0.1, 0.15) is 13.2 Å². The van der Waals surface area contributed by atoms with E-state index in [1.54, 1.807) is 0 Å². The predicted molar refractivity (Wildman–Crippen MR) is 256 cm³/mol. The first-order chi connectivity index (χ1) is 29.5. The maximum absolute atomic E-state index is 12.8. The van der Waals surface area contributed by atoms with Gasteiger partial charge in [-0.2, -0.15) is 0 Å². The Morgan fingerprint density at radius 2 is 0.650 bits per heavy atom. The van der Waals surface area contributed by atoms with Crippen molar-refractivity contribution < 1.29 is 28.6 Å². The second-order valence-corrected chi connectivity index (χ2v) is 16.7. The summed E-state index contributed by atoms with van der Waals surface area (Å²) in [6, 6.07) is 0. The van der Waals surface area contributed by atoms with Gasteiger partial charge in [-0.15, -0.1) is 0 Å². The summed E-state index contributed by atoms with van der Waals surface area (Å²) in [5.74, 6) is -0.920. The lowest BCUT2D eigenvalue weighted by Gasteiger charge is -2.18. The lowest BCUT2D eigenvalue weighted by Crippen LogP contribution is -2.30. The van der Waals surface area contributed by atoms with Crippen molar-refractivity contribution in [1.29, 1.82) is 0 Å². The topological polar surface area (TPSA) is 78.9 Å². The van der Waals surface area contributed by atoms with Gasteiger partial charge in [0.25, 0.3) is 0 Å². The third kappa shape index (κ3) is 46.2. The minimum Gasteiger partial charge on any atom is -0.462 e. The van der Waals surface area contributed by atoms with Crippen LogP contribution in [0.1, 0.15) is 245 Å². The summed E-state index contributed by atoms with van der Waals surface area (Å²) in [5.41, 5.74) is 0. The number of esters is 3. The molecular weight excluding hydrogens is 745 g/mol. The van der Waals surface area contributed by atoms with Crippen molar-refractivity contribution in [2.24, 2.45) is 0 Å². The standard InChI is InChI=1S/C54H94O6/c1-4-7-10-13-16-19-22-25-27-29-32-35-38-41-44-47-53(56)59-50-51(49-58-52(55)46-43-40-37-34-31-24-21-18-15-12-9-6-3)60-54(57)48-45-42-39-36-33-30-28-26-23-20-17-14-11-8-5-2/h7,10,16,18-19,21,25-28,51H,4-6,8-9,11-15,17,20,22-24,29-50H2,1-3H3/b10-7-,19-16-,21-18-,27-25-,28-26-. The zero-order valence-electron chi connectivity index (χ0n) is 39.5. The van der Waals surface area contributed by atoms with E-state index in [-0.39, 0.29) is 31.1 Å². The molecule has 6 heteroatoms. The Morgan fingerprint density at radius 1 is 0.350 bits per heavy atom. The third-order valence-electron chi connectivity index (χ3n) is 10.7. The van der Waals surface area contributed by atoms with Crippen LogP contribution < -0.4 is 0 Å². The number of carbonyl (C=O) groups is 3. The Bertz CT molecular complexity index is 1100. The summed E-state index contributed by atoms with van der Waals surface area (Å²) in [4.78, 5) is 37.9. The molecule has 0 aromatic heterocycles. The number of allylic oxidation sites excluding steroid dienone is 10. The van der Waals surface area contributed by atoms with Crippen LogP contribution in [0.15, 0.2) is 60.8 Å². The van der Waals surface area contributed by atoms with Crippen LogP contribution in [0, 0.1) is 0 Å². The smallest absolute Gasteiger partial charge is 0.306 e. The fraction of sp³-hybridized carbons (Fsp3) is 0.759.